The van der Waals surface area contributed by atoms with Crippen LogP contribution in [0.3, 0.4) is 0 Å². The normalized spacial score (nSPS) is 16.3. The number of rotatable bonds is 6. The summed E-state index contributed by atoms with van der Waals surface area (Å²) in [5.41, 5.74) is 1.65. The zero-order chi connectivity index (χ0) is 18.4. The SMILES string of the molecule is CC(=O)NCc1cccc([C@H]2CCCN2C(=O)COc2ccccc2)n1. The van der Waals surface area contributed by atoms with E-state index in [-0.39, 0.29) is 24.5 Å². The molecule has 0 spiro atoms. The lowest BCUT2D eigenvalue weighted by Gasteiger charge is -2.24. The molecule has 2 heterocycles. The summed E-state index contributed by atoms with van der Waals surface area (Å²) in [4.78, 5) is 30.2. The lowest BCUT2D eigenvalue weighted by atomic mass is 10.1. The van der Waals surface area contributed by atoms with Gasteiger partial charge in [0.2, 0.25) is 5.91 Å². The molecule has 136 valence electrons. The number of ether oxygens (including phenoxy) is 1. The van der Waals surface area contributed by atoms with Crippen LogP contribution in [-0.2, 0) is 16.1 Å². The van der Waals surface area contributed by atoms with E-state index in [1.54, 1.807) is 0 Å². The molecule has 3 rings (SSSR count). The third-order valence-corrected chi connectivity index (χ3v) is 4.37. The number of hydrogen-bond acceptors (Lipinski definition) is 4. The van der Waals surface area contributed by atoms with Crippen LogP contribution in [0.5, 0.6) is 5.75 Å². The molecule has 2 amide bonds. The van der Waals surface area contributed by atoms with Crippen molar-refractivity contribution in [3.8, 4) is 5.75 Å². The van der Waals surface area contributed by atoms with Gasteiger partial charge in [0.1, 0.15) is 5.75 Å². The second-order valence-electron chi connectivity index (χ2n) is 6.31. The maximum atomic E-state index is 12.6. The highest BCUT2D eigenvalue weighted by atomic mass is 16.5. The number of amides is 2. The molecule has 1 N–H and O–H groups in total. The Labute approximate surface area is 153 Å². The first-order chi connectivity index (χ1) is 12.6. The standard InChI is InChI=1S/C20H23N3O3/c1-15(24)21-13-16-7-5-10-18(22-16)19-11-6-12-23(19)20(25)14-26-17-8-3-2-4-9-17/h2-5,7-10,19H,6,11-14H2,1H3,(H,21,24)/t19-/m1/s1. The smallest absolute Gasteiger partial charge is 0.261 e. The zero-order valence-corrected chi connectivity index (χ0v) is 14.9. The minimum atomic E-state index is -0.0899. The number of pyridine rings is 1. The fourth-order valence-electron chi connectivity index (χ4n) is 3.11. The monoisotopic (exact) mass is 353 g/mol. The Kier molecular flexibility index (Phi) is 5.84. The van der Waals surface area contributed by atoms with Gasteiger partial charge in [-0.3, -0.25) is 14.6 Å². The lowest BCUT2D eigenvalue weighted by molar-refractivity contribution is -0.134. The third kappa shape index (κ3) is 4.59. The van der Waals surface area contributed by atoms with Crippen LogP contribution >= 0.6 is 0 Å². The van der Waals surface area contributed by atoms with E-state index in [2.05, 4.69) is 10.3 Å². The molecule has 0 bridgehead atoms. The molecular formula is C20H23N3O3. The van der Waals surface area contributed by atoms with Crippen LogP contribution in [-0.4, -0.2) is 34.8 Å². The fourth-order valence-corrected chi connectivity index (χ4v) is 3.11. The number of benzene rings is 1. The van der Waals surface area contributed by atoms with Crippen molar-refractivity contribution in [1.82, 2.24) is 15.2 Å². The lowest BCUT2D eigenvalue weighted by Crippen LogP contribution is -2.35. The Balaban J connectivity index is 1.64. The summed E-state index contributed by atoms with van der Waals surface area (Å²) in [5.74, 6) is 0.561. The molecule has 6 nitrogen and oxygen atoms in total. The van der Waals surface area contributed by atoms with Crippen LogP contribution in [0.25, 0.3) is 0 Å². The van der Waals surface area contributed by atoms with E-state index in [0.717, 1.165) is 24.2 Å². The Morgan fingerprint density at radius 2 is 2.00 bits per heavy atom. The molecule has 1 saturated heterocycles. The molecule has 1 fully saturated rings. The van der Waals surface area contributed by atoms with E-state index in [9.17, 15) is 9.59 Å². The molecule has 0 saturated carbocycles. The molecule has 1 atom stereocenters. The van der Waals surface area contributed by atoms with E-state index in [1.807, 2.05) is 53.4 Å². The molecule has 6 heteroatoms. The zero-order valence-electron chi connectivity index (χ0n) is 14.9. The molecule has 0 unspecified atom stereocenters. The Hall–Kier alpha value is -2.89. The van der Waals surface area contributed by atoms with Crippen LogP contribution < -0.4 is 10.1 Å². The first-order valence-corrected chi connectivity index (χ1v) is 8.81. The molecular weight excluding hydrogens is 330 g/mol. The largest absolute Gasteiger partial charge is 0.484 e. The highest BCUT2D eigenvalue weighted by Gasteiger charge is 2.31. The molecule has 1 aliphatic rings. The van der Waals surface area contributed by atoms with Gasteiger partial charge in [-0.05, 0) is 37.1 Å². The van der Waals surface area contributed by atoms with E-state index >= 15 is 0 Å². The minimum Gasteiger partial charge on any atom is -0.484 e. The van der Waals surface area contributed by atoms with E-state index in [1.165, 1.54) is 6.92 Å². The van der Waals surface area contributed by atoms with Gasteiger partial charge in [-0.1, -0.05) is 24.3 Å². The van der Waals surface area contributed by atoms with Gasteiger partial charge in [-0.15, -0.1) is 0 Å². The van der Waals surface area contributed by atoms with E-state index in [4.69, 9.17) is 4.74 Å². The summed E-state index contributed by atoms with van der Waals surface area (Å²) in [6, 6.07) is 15.0. The molecule has 1 aromatic heterocycles. The van der Waals surface area contributed by atoms with E-state index in [0.29, 0.717) is 18.8 Å². The van der Waals surface area contributed by atoms with Gasteiger partial charge in [0.25, 0.3) is 5.91 Å². The number of para-hydroxylation sites is 1. The van der Waals surface area contributed by atoms with Gasteiger partial charge in [0, 0.05) is 13.5 Å². The summed E-state index contributed by atoms with van der Waals surface area (Å²) >= 11 is 0. The number of nitrogens with zero attached hydrogens (tertiary/aromatic N) is 2. The first kappa shape index (κ1) is 17.9. The average molecular weight is 353 g/mol. The number of carbonyl (C=O) groups is 2. The predicted molar refractivity (Wildman–Crippen MR) is 97.4 cm³/mol. The van der Waals surface area contributed by atoms with Gasteiger partial charge in [-0.25, -0.2) is 0 Å². The maximum absolute atomic E-state index is 12.6. The molecule has 1 aromatic carbocycles. The first-order valence-electron chi connectivity index (χ1n) is 8.81. The quantitative estimate of drug-likeness (QED) is 0.866. The van der Waals surface area contributed by atoms with Gasteiger partial charge >= 0.3 is 0 Å². The van der Waals surface area contributed by atoms with Crippen molar-refractivity contribution in [3.05, 3.63) is 59.9 Å². The number of aromatic nitrogens is 1. The fraction of sp³-hybridized carbons (Fsp3) is 0.350. The number of carbonyl (C=O) groups excluding carboxylic acids is 2. The molecule has 2 aromatic rings. The average Bonchev–Trinajstić information content (AvgIpc) is 3.15. The minimum absolute atomic E-state index is 0.0199. The van der Waals surface area contributed by atoms with Crippen LogP contribution in [0.2, 0.25) is 0 Å². The summed E-state index contributed by atoms with van der Waals surface area (Å²) in [6.07, 6.45) is 1.83. The van der Waals surface area contributed by atoms with E-state index < -0.39 is 0 Å². The van der Waals surface area contributed by atoms with Crippen molar-refractivity contribution in [2.75, 3.05) is 13.2 Å². The summed E-state index contributed by atoms with van der Waals surface area (Å²) in [7, 11) is 0. The van der Waals surface area contributed by atoms with Crippen LogP contribution in [0.15, 0.2) is 48.5 Å². The Bertz CT molecular complexity index is 764. The maximum Gasteiger partial charge on any atom is 0.261 e. The molecule has 0 radical (unpaired) electrons. The van der Waals surface area contributed by atoms with Crippen molar-refractivity contribution in [2.24, 2.45) is 0 Å². The molecule has 1 aliphatic heterocycles. The van der Waals surface area contributed by atoms with Crippen molar-refractivity contribution in [1.29, 1.82) is 0 Å². The number of likely N-dealkylation sites (tertiary alicyclic amines) is 1. The van der Waals surface area contributed by atoms with Crippen LogP contribution in [0.4, 0.5) is 0 Å². The van der Waals surface area contributed by atoms with Gasteiger partial charge in [0.05, 0.1) is 24.0 Å². The second-order valence-corrected chi connectivity index (χ2v) is 6.31. The number of hydrogen-bond donors (Lipinski definition) is 1. The van der Waals surface area contributed by atoms with Crippen LogP contribution in [0.1, 0.15) is 37.2 Å². The third-order valence-electron chi connectivity index (χ3n) is 4.37. The van der Waals surface area contributed by atoms with Crippen LogP contribution in [0, 0.1) is 0 Å². The summed E-state index contributed by atoms with van der Waals surface area (Å²) < 4.78 is 5.59. The molecule has 0 aliphatic carbocycles. The van der Waals surface area contributed by atoms with Gasteiger partial charge in [-0.2, -0.15) is 0 Å². The summed E-state index contributed by atoms with van der Waals surface area (Å²) in [6.45, 7) is 2.60. The van der Waals surface area contributed by atoms with Crippen molar-refractivity contribution < 1.29 is 14.3 Å². The topological polar surface area (TPSA) is 71.5 Å². The second kappa shape index (κ2) is 8.47. The van der Waals surface area contributed by atoms with Crippen molar-refractivity contribution >= 4 is 11.8 Å². The van der Waals surface area contributed by atoms with Crippen molar-refractivity contribution in [2.45, 2.75) is 32.4 Å². The van der Waals surface area contributed by atoms with Gasteiger partial charge in [0.15, 0.2) is 6.61 Å². The highest BCUT2D eigenvalue weighted by molar-refractivity contribution is 5.78. The summed E-state index contributed by atoms with van der Waals surface area (Å²) in [5, 5.41) is 2.75. The predicted octanol–water partition coefficient (Wildman–Crippen LogP) is 2.46. The number of nitrogens with one attached hydrogen (secondary N) is 1. The van der Waals surface area contributed by atoms with Crippen molar-refractivity contribution in [3.63, 3.8) is 0 Å². The van der Waals surface area contributed by atoms with Gasteiger partial charge < -0.3 is 15.0 Å². The Morgan fingerprint density at radius 3 is 2.77 bits per heavy atom. The Morgan fingerprint density at radius 1 is 1.19 bits per heavy atom. The highest BCUT2D eigenvalue weighted by Crippen LogP contribution is 2.31. The molecule has 26 heavy (non-hydrogen) atoms.